The van der Waals surface area contributed by atoms with Crippen LogP contribution in [0.5, 0.6) is 5.75 Å². The second-order valence-electron chi connectivity index (χ2n) is 4.12. The van der Waals surface area contributed by atoms with E-state index in [1.807, 2.05) is 35.0 Å². The minimum Gasteiger partial charge on any atom is -0.508 e. The topological polar surface area (TPSA) is 37.5 Å². The third-order valence-corrected chi connectivity index (χ3v) is 2.83. The molecule has 0 aliphatic heterocycles. The monoisotopic (exact) mass is 224 g/mol. The van der Waals surface area contributed by atoms with Crippen molar-refractivity contribution in [2.45, 2.75) is 6.92 Å². The second-order valence-corrected chi connectivity index (χ2v) is 4.12. The zero-order valence-corrected chi connectivity index (χ0v) is 9.46. The Balaban J connectivity index is 2.21. The molecule has 17 heavy (non-hydrogen) atoms. The third kappa shape index (κ3) is 1.65. The summed E-state index contributed by atoms with van der Waals surface area (Å²) in [7, 11) is 0. The van der Waals surface area contributed by atoms with E-state index in [-0.39, 0.29) is 5.75 Å². The summed E-state index contributed by atoms with van der Waals surface area (Å²) in [5.74, 6) is 0.276. The Morgan fingerprint density at radius 3 is 2.65 bits per heavy atom. The lowest BCUT2D eigenvalue weighted by atomic mass is 10.1. The number of nitrogens with zero attached hydrogens (tertiary/aromatic N) is 2. The molecule has 0 saturated heterocycles. The van der Waals surface area contributed by atoms with Gasteiger partial charge in [0.05, 0.1) is 11.9 Å². The number of fused-ring (bicyclic) bond motifs is 1. The van der Waals surface area contributed by atoms with Crippen molar-refractivity contribution in [1.29, 1.82) is 0 Å². The van der Waals surface area contributed by atoms with E-state index in [0.29, 0.717) is 0 Å². The first-order chi connectivity index (χ1) is 8.24. The molecule has 0 amide bonds. The van der Waals surface area contributed by atoms with Gasteiger partial charge in [0.15, 0.2) is 0 Å². The third-order valence-electron chi connectivity index (χ3n) is 2.83. The van der Waals surface area contributed by atoms with Crippen LogP contribution >= 0.6 is 0 Å². The fourth-order valence-corrected chi connectivity index (χ4v) is 1.93. The summed E-state index contributed by atoms with van der Waals surface area (Å²) in [5, 5.41) is 9.28. The van der Waals surface area contributed by atoms with Gasteiger partial charge in [-0.15, -0.1) is 0 Å². The van der Waals surface area contributed by atoms with Crippen LogP contribution in [0, 0.1) is 6.92 Å². The molecule has 0 atom stereocenters. The maximum atomic E-state index is 9.28. The highest BCUT2D eigenvalue weighted by atomic mass is 16.3. The molecule has 3 rings (SSSR count). The Morgan fingerprint density at radius 2 is 1.88 bits per heavy atom. The molecule has 0 saturated carbocycles. The maximum Gasteiger partial charge on any atom is 0.137 e. The molecular formula is C14H12N2O. The Morgan fingerprint density at radius 1 is 1.12 bits per heavy atom. The first-order valence-electron chi connectivity index (χ1n) is 5.47. The number of hydrogen-bond donors (Lipinski definition) is 1. The lowest BCUT2D eigenvalue weighted by Crippen LogP contribution is -1.88. The van der Waals surface area contributed by atoms with E-state index < -0.39 is 0 Å². The van der Waals surface area contributed by atoms with Crippen molar-refractivity contribution < 1.29 is 5.11 Å². The van der Waals surface area contributed by atoms with Gasteiger partial charge in [-0.3, -0.25) is 4.40 Å². The minimum absolute atomic E-state index is 0.276. The summed E-state index contributed by atoms with van der Waals surface area (Å²) < 4.78 is 2.04. The zero-order chi connectivity index (χ0) is 11.8. The maximum absolute atomic E-state index is 9.28. The summed E-state index contributed by atoms with van der Waals surface area (Å²) in [6, 6.07) is 11.2. The van der Waals surface area contributed by atoms with Crippen LogP contribution in [-0.4, -0.2) is 14.5 Å². The van der Waals surface area contributed by atoms with Crippen molar-refractivity contribution in [2.24, 2.45) is 0 Å². The van der Waals surface area contributed by atoms with Crippen molar-refractivity contribution >= 4 is 5.65 Å². The van der Waals surface area contributed by atoms with Gasteiger partial charge in [-0.25, -0.2) is 4.98 Å². The van der Waals surface area contributed by atoms with Crippen LogP contribution in [0.1, 0.15) is 5.56 Å². The molecule has 2 aromatic heterocycles. The van der Waals surface area contributed by atoms with Crippen LogP contribution in [0.15, 0.2) is 48.8 Å². The molecule has 0 aliphatic carbocycles. The van der Waals surface area contributed by atoms with Crippen LogP contribution in [-0.2, 0) is 0 Å². The van der Waals surface area contributed by atoms with Crippen LogP contribution in [0.3, 0.4) is 0 Å². The number of aromatic hydroxyl groups is 1. The fraction of sp³-hybridized carbons (Fsp3) is 0.0714. The molecule has 2 heterocycles. The van der Waals surface area contributed by atoms with Crippen LogP contribution in [0.2, 0.25) is 0 Å². The normalized spacial score (nSPS) is 10.9. The van der Waals surface area contributed by atoms with E-state index in [2.05, 4.69) is 18.0 Å². The molecule has 3 aromatic rings. The smallest absolute Gasteiger partial charge is 0.137 e. The van der Waals surface area contributed by atoms with E-state index >= 15 is 0 Å². The van der Waals surface area contributed by atoms with Gasteiger partial charge in [-0.1, -0.05) is 0 Å². The number of rotatable bonds is 1. The van der Waals surface area contributed by atoms with Gasteiger partial charge in [0, 0.05) is 11.8 Å². The lowest BCUT2D eigenvalue weighted by Gasteiger charge is -2.02. The molecule has 0 radical (unpaired) electrons. The Kier molecular flexibility index (Phi) is 2.11. The Bertz CT molecular complexity index is 668. The quantitative estimate of drug-likeness (QED) is 0.690. The minimum atomic E-state index is 0.276. The number of benzene rings is 1. The van der Waals surface area contributed by atoms with Crippen molar-refractivity contribution in [1.82, 2.24) is 9.38 Å². The summed E-state index contributed by atoms with van der Waals surface area (Å²) in [5.41, 5.74) is 4.20. The van der Waals surface area contributed by atoms with Crippen LogP contribution in [0.4, 0.5) is 0 Å². The van der Waals surface area contributed by atoms with Gasteiger partial charge < -0.3 is 5.11 Å². The van der Waals surface area contributed by atoms with E-state index in [4.69, 9.17) is 0 Å². The number of aromatic nitrogens is 2. The highest BCUT2D eigenvalue weighted by Gasteiger charge is 2.05. The Labute approximate surface area is 99.0 Å². The molecule has 3 heteroatoms. The molecule has 1 aromatic carbocycles. The fourth-order valence-electron chi connectivity index (χ4n) is 1.93. The first-order valence-corrected chi connectivity index (χ1v) is 5.47. The molecule has 0 spiro atoms. The zero-order valence-electron chi connectivity index (χ0n) is 9.46. The van der Waals surface area contributed by atoms with E-state index in [1.54, 1.807) is 12.1 Å². The molecule has 3 nitrogen and oxygen atoms in total. The van der Waals surface area contributed by atoms with Gasteiger partial charge in [0.1, 0.15) is 11.4 Å². The number of pyridine rings is 1. The van der Waals surface area contributed by atoms with Gasteiger partial charge >= 0.3 is 0 Å². The predicted octanol–water partition coefficient (Wildman–Crippen LogP) is 3.02. The van der Waals surface area contributed by atoms with Crippen molar-refractivity contribution in [3.8, 4) is 17.0 Å². The highest BCUT2D eigenvalue weighted by molar-refractivity contribution is 5.64. The number of imidazole rings is 1. The van der Waals surface area contributed by atoms with E-state index in [1.165, 1.54) is 5.56 Å². The SMILES string of the molecule is Cc1ccn2c(-c3ccc(O)cc3)cnc2c1. The van der Waals surface area contributed by atoms with Gasteiger partial charge in [0.25, 0.3) is 0 Å². The van der Waals surface area contributed by atoms with Gasteiger partial charge in [-0.05, 0) is 48.9 Å². The molecule has 84 valence electrons. The van der Waals surface area contributed by atoms with Crippen molar-refractivity contribution in [3.05, 3.63) is 54.4 Å². The Hall–Kier alpha value is -2.29. The average molecular weight is 224 g/mol. The number of aryl methyl sites for hydroxylation is 1. The largest absolute Gasteiger partial charge is 0.508 e. The predicted molar refractivity (Wildman–Crippen MR) is 67.0 cm³/mol. The molecule has 0 aliphatic rings. The standard InChI is InChI=1S/C14H12N2O/c1-10-6-7-16-13(9-15-14(16)8-10)11-2-4-12(17)5-3-11/h2-9,17H,1H3. The molecular weight excluding hydrogens is 212 g/mol. The van der Waals surface area contributed by atoms with Crippen LogP contribution < -0.4 is 0 Å². The van der Waals surface area contributed by atoms with Crippen LogP contribution in [0.25, 0.3) is 16.9 Å². The number of phenolic OH excluding ortho intramolecular Hbond substituents is 1. The number of hydrogen-bond acceptors (Lipinski definition) is 2. The van der Waals surface area contributed by atoms with Gasteiger partial charge in [0.2, 0.25) is 0 Å². The highest BCUT2D eigenvalue weighted by Crippen LogP contribution is 2.23. The van der Waals surface area contributed by atoms with Crippen molar-refractivity contribution in [3.63, 3.8) is 0 Å². The molecule has 1 N–H and O–H groups in total. The second kappa shape index (κ2) is 3.63. The lowest BCUT2D eigenvalue weighted by molar-refractivity contribution is 0.475. The number of phenols is 1. The molecule has 0 fully saturated rings. The first kappa shape index (κ1) is 9.90. The summed E-state index contributed by atoms with van der Waals surface area (Å²) >= 11 is 0. The molecule has 0 unspecified atom stereocenters. The van der Waals surface area contributed by atoms with Gasteiger partial charge in [-0.2, -0.15) is 0 Å². The van der Waals surface area contributed by atoms with Crippen molar-refractivity contribution in [2.75, 3.05) is 0 Å². The molecule has 0 bridgehead atoms. The summed E-state index contributed by atoms with van der Waals surface area (Å²) in [6.45, 7) is 2.05. The van der Waals surface area contributed by atoms with E-state index in [9.17, 15) is 5.11 Å². The van der Waals surface area contributed by atoms with E-state index in [0.717, 1.165) is 16.9 Å². The summed E-state index contributed by atoms with van der Waals surface area (Å²) in [4.78, 5) is 4.38. The average Bonchev–Trinajstić information content (AvgIpc) is 2.73. The summed E-state index contributed by atoms with van der Waals surface area (Å²) in [6.07, 6.45) is 3.86.